The van der Waals surface area contributed by atoms with Gasteiger partial charge in [0.1, 0.15) is 17.2 Å². The first-order valence-electron chi connectivity index (χ1n) is 6.56. The molecule has 1 heterocycles. The molecule has 1 aromatic heterocycles. The number of hydrogen-bond acceptors (Lipinski definition) is 1. The quantitative estimate of drug-likeness (QED) is 0.858. The molecular formula is C14H16F2N2. The molecule has 0 saturated heterocycles. The van der Waals surface area contributed by atoms with Crippen molar-refractivity contribution >= 4 is 11.0 Å². The molecule has 0 atom stereocenters. The van der Waals surface area contributed by atoms with Gasteiger partial charge in [0.25, 0.3) is 0 Å². The number of halogens is 2. The summed E-state index contributed by atoms with van der Waals surface area (Å²) in [6.45, 7) is 0. The Balaban J connectivity index is 1.86. The summed E-state index contributed by atoms with van der Waals surface area (Å²) < 4.78 is 26.6. The number of aromatic amines is 1. The van der Waals surface area contributed by atoms with E-state index in [1.165, 1.54) is 38.2 Å². The molecule has 1 aromatic carbocycles. The van der Waals surface area contributed by atoms with E-state index in [9.17, 15) is 8.78 Å². The monoisotopic (exact) mass is 250 g/mol. The summed E-state index contributed by atoms with van der Waals surface area (Å²) in [4.78, 5) is 7.28. The lowest BCUT2D eigenvalue weighted by Gasteiger charge is -2.20. The molecule has 1 aliphatic rings. The Morgan fingerprint density at radius 3 is 2.72 bits per heavy atom. The fourth-order valence-electron chi connectivity index (χ4n) is 2.85. The number of imidazole rings is 1. The van der Waals surface area contributed by atoms with Gasteiger partial charge in [-0.15, -0.1) is 0 Å². The molecule has 0 amide bonds. The highest BCUT2D eigenvalue weighted by Gasteiger charge is 2.17. The van der Waals surface area contributed by atoms with Gasteiger partial charge in [-0.1, -0.05) is 32.1 Å². The van der Waals surface area contributed by atoms with Crippen LogP contribution >= 0.6 is 0 Å². The van der Waals surface area contributed by atoms with Crippen LogP contribution in [0.4, 0.5) is 8.78 Å². The first kappa shape index (κ1) is 11.6. The van der Waals surface area contributed by atoms with Crippen LogP contribution in [0.1, 0.15) is 37.9 Å². The predicted molar refractivity (Wildman–Crippen MR) is 66.3 cm³/mol. The van der Waals surface area contributed by atoms with Gasteiger partial charge in [-0.05, 0) is 12.0 Å². The molecule has 1 fully saturated rings. The Morgan fingerprint density at radius 1 is 1.17 bits per heavy atom. The van der Waals surface area contributed by atoms with E-state index < -0.39 is 11.6 Å². The van der Waals surface area contributed by atoms with E-state index in [1.54, 1.807) is 0 Å². The molecule has 2 nitrogen and oxygen atoms in total. The lowest BCUT2D eigenvalue weighted by atomic mass is 9.87. The van der Waals surface area contributed by atoms with Gasteiger partial charge in [0.15, 0.2) is 5.82 Å². The average molecular weight is 250 g/mol. The second-order valence-corrected chi connectivity index (χ2v) is 5.18. The maximum absolute atomic E-state index is 13.5. The lowest BCUT2D eigenvalue weighted by Crippen LogP contribution is -2.10. The van der Waals surface area contributed by atoms with Crippen molar-refractivity contribution in [1.29, 1.82) is 0 Å². The average Bonchev–Trinajstić information content (AvgIpc) is 2.73. The normalized spacial score (nSPS) is 17.4. The second-order valence-electron chi connectivity index (χ2n) is 5.18. The Labute approximate surface area is 104 Å². The molecule has 0 radical (unpaired) electrons. The third-order valence-corrected chi connectivity index (χ3v) is 3.76. The number of fused-ring (bicyclic) bond motifs is 1. The van der Waals surface area contributed by atoms with E-state index in [0.29, 0.717) is 11.4 Å². The van der Waals surface area contributed by atoms with Crippen LogP contribution in [0.2, 0.25) is 0 Å². The van der Waals surface area contributed by atoms with Gasteiger partial charge < -0.3 is 4.98 Å². The fraction of sp³-hybridized carbons (Fsp3) is 0.500. The SMILES string of the molecule is Fc1cc(F)c2nc(CC3CCCCC3)[nH]c2c1. The third kappa shape index (κ3) is 2.24. The number of H-pyrrole nitrogens is 1. The number of hydrogen-bond donors (Lipinski definition) is 1. The van der Waals surface area contributed by atoms with E-state index in [1.807, 2.05) is 0 Å². The van der Waals surface area contributed by atoms with E-state index in [0.717, 1.165) is 18.3 Å². The standard InChI is InChI=1S/C14H16F2N2/c15-10-7-11(16)14-12(8-10)17-13(18-14)6-9-4-2-1-3-5-9/h7-9H,1-6H2,(H,17,18). The minimum atomic E-state index is -0.587. The van der Waals surface area contributed by atoms with Crippen LogP contribution in [0.3, 0.4) is 0 Å². The molecule has 0 unspecified atom stereocenters. The van der Waals surface area contributed by atoms with Gasteiger partial charge in [-0.25, -0.2) is 13.8 Å². The number of aromatic nitrogens is 2. The van der Waals surface area contributed by atoms with Crippen molar-refractivity contribution in [3.8, 4) is 0 Å². The summed E-state index contributed by atoms with van der Waals surface area (Å²) in [5.41, 5.74) is 0.709. The molecule has 4 heteroatoms. The minimum Gasteiger partial charge on any atom is -0.342 e. The van der Waals surface area contributed by atoms with Crippen LogP contribution in [-0.2, 0) is 6.42 Å². The highest BCUT2D eigenvalue weighted by molar-refractivity contribution is 5.75. The van der Waals surface area contributed by atoms with Crippen LogP contribution in [0.5, 0.6) is 0 Å². The summed E-state index contributed by atoms with van der Waals surface area (Å²) in [5, 5.41) is 0. The van der Waals surface area contributed by atoms with Gasteiger partial charge >= 0.3 is 0 Å². The van der Waals surface area contributed by atoms with Gasteiger partial charge in [-0.2, -0.15) is 0 Å². The molecule has 2 aromatic rings. The van der Waals surface area contributed by atoms with Gasteiger partial charge in [0, 0.05) is 12.5 Å². The summed E-state index contributed by atoms with van der Waals surface area (Å²) in [7, 11) is 0. The van der Waals surface area contributed by atoms with Crippen molar-refractivity contribution in [2.75, 3.05) is 0 Å². The van der Waals surface area contributed by atoms with Crippen molar-refractivity contribution in [2.24, 2.45) is 5.92 Å². The van der Waals surface area contributed by atoms with Crippen molar-refractivity contribution in [3.05, 3.63) is 29.6 Å². The van der Waals surface area contributed by atoms with Crippen LogP contribution in [0, 0.1) is 17.6 Å². The molecule has 18 heavy (non-hydrogen) atoms. The summed E-state index contributed by atoms with van der Waals surface area (Å²) >= 11 is 0. The Hall–Kier alpha value is -1.45. The highest BCUT2D eigenvalue weighted by Crippen LogP contribution is 2.27. The minimum absolute atomic E-state index is 0.252. The lowest BCUT2D eigenvalue weighted by molar-refractivity contribution is 0.352. The van der Waals surface area contributed by atoms with Gasteiger partial charge in [0.2, 0.25) is 0 Å². The zero-order valence-corrected chi connectivity index (χ0v) is 10.2. The molecule has 96 valence electrons. The van der Waals surface area contributed by atoms with Crippen molar-refractivity contribution < 1.29 is 8.78 Å². The maximum Gasteiger partial charge on any atom is 0.153 e. The first-order valence-corrected chi connectivity index (χ1v) is 6.56. The molecular weight excluding hydrogens is 234 g/mol. The second kappa shape index (κ2) is 4.67. The zero-order chi connectivity index (χ0) is 12.5. The van der Waals surface area contributed by atoms with Crippen molar-refractivity contribution in [2.45, 2.75) is 38.5 Å². The van der Waals surface area contributed by atoms with E-state index in [-0.39, 0.29) is 5.52 Å². The van der Waals surface area contributed by atoms with Crippen LogP contribution < -0.4 is 0 Å². The fourth-order valence-corrected chi connectivity index (χ4v) is 2.85. The summed E-state index contributed by atoms with van der Waals surface area (Å²) in [5.74, 6) is 0.262. The Kier molecular flexibility index (Phi) is 3.02. The van der Waals surface area contributed by atoms with Crippen LogP contribution in [0.25, 0.3) is 11.0 Å². The van der Waals surface area contributed by atoms with E-state index in [4.69, 9.17) is 0 Å². The van der Waals surface area contributed by atoms with E-state index >= 15 is 0 Å². The Morgan fingerprint density at radius 2 is 1.94 bits per heavy atom. The maximum atomic E-state index is 13.5. The van der Waals surface area contributed by atoms with Gasteiger partial charge in [-0.3, -0.25) is 0 Å². The largest absolute Gasteiger partial charge is 0.342 e. The molecule has 1 N–H and O–H groups in total. The molecule has 0 spiro atoms. The number of rotatable bonds is 2. The third-order valence-electron chi connectivity index (χ3n) is 3.76. The Bertz CT molecular complexity index is 556. The number of benzene rings is 1. The molecule has 0 bridgehead atoms. The number of nitrogens with one attached hydrogen (secondary N) is 1. The molecule has 0 aliphatic heterocycles. The summed E-state index contributed by atoms with van der Waals surface area (Å²) in [6.07, 6.45) is 7.13. The van der Waals surface area contributed by atoms with Crippen molar-refractivity contribution in [1.82, 2.24) is 9.97 Å². The summed E-state index contributed by atoms with van der Waals surface area (Å²) in [6, 6.07) is 2.18. The zero-order valence-electron chi connectivity index (χ0n) is 10.2. The van der Waals surface area contributed by atoms with Gasteiger partial charge in [0.05, 0.1) is 5.52 Å². The smallest absolute Gasteiger partial charge is 0.153 e. The van der Waals surface area contributed by atoms with Crippen LogP contribution in [0.15, 0.2) is 12.1 Å². The topological polar surface area (TPSA) is 28.7 Å². The molecule has 1 saturated carbocycles. The van der Waals surface area contributed by atoms with Crippen LogP contribution in [-0.4, -0.2) is 9.97 Å². The predicted octanol–water partition coefficient (Wildman–Crippen LogP) is 3.96. The van der Waals surface area contributed by atoms with E-state index in [2.05, 4.69) is 9.97 Å². The van der Waals surface area contributed by atoms with Crippen molar-refractivity contribution in [3.63, 3.8) is 0 Å². The number of nitrogens with zero attached hydrogens (tertiary/aromatic N) is 1. The highest BCUT2D eigenvalue weighted by atomic mass is 19.1. The molecule has 1 aliphatic carbocycles. The molecule has 3 rings (SSSR count). The first-order chi connectivity index (χ1) is 8.72.